The molecule has 0 spiro atoms. The monoisotopic (exact) mass is 542 g/mol. The van der Waals surface area contributed by atoms with Crippen LogP contribution in [0.4, 0.5) is 17.6 Å². The summed E-state index contributed by atoms with van der Waals surface area (Å²) in [6.07, 6.45) is 3.88. The SMILES string of the molecule is CCc1cc(C(=O)N(C)C)cc(-c2nc3cc(Nc4cc(C)nc(N5C[C@@H]6C[C@H]5CN6CC)n4)ncc3s2)c1. The first-order valence-corrected chi connectivity index (χ1v) is 14.4. The van der Waals surface area contributed by atoms with Crippen LogP contribution < -0.4 is 10.2 Å². The summed E-state index contributed by atoms with van der Waals surface area (Å²) >= 11 is 1.58. The Morgan fingerprint density at radius 2 is 1.90 bits per heavy atom. The number of aryl methyl sites for hydroxylation is 2. The second-order valence-corrected chi connectivity index (χ2v) is 11.7. The molecule has 2 aliphatic rings. The fraction of sp³-hybridized carbons (Fsp3) is 0.414. The number of likely N-dealkylation sites (N-methyl/N-ethyl adjacent to an activating group) is 1. The maximum Gasteiger partial charge on any atom is 0.253 e. The number of carbonyl (C=O) groups excluding carboxylic acids is 1. The van der Waals surface area contributed by atoms with E-state index in [4.69, 9.17) is 15.0 Å². The fourth-order valence-electron chi connectivity index (χ4n) is 5.69. The predicted molar refractivity (Wildman–Crippen MR) is 157 cm³/mol. The summed E-state index contributed by atoms with van der Waals surface area (Å²) in [4.78, 5) is 38.4. The van der Waals surface area contributed by atoms with E-state index >= 15 is 0 Å². The molecule has 0 saturated carbocycles. The number of hydrogen-bond donors (Lipinski definition) is 1. The molecule has 1 aromatic carbocycles. The molecule has 5 heterocycles. The Balaban J connectivity index is 1.26. The largest absolute Gasteiger partial charge is 0.345 e. The van der Waals surface area contributed by atoms with Crippen LogP contribution >= 0.6 is 11.3 Å². The molecule has 202 valence electrons. The second-order valence-electron chi connectivity index (χ2n) is 10.6. The van der Waals surface area contributed by atoms with E-state index in [0.29, 0.717) is 23.5 Å². The van der Waals surface area contributed by atoms with Gasteiger partial charge in [0.25, 0.3) is 5.91 Å². The van der Waals surface area contributed by atoms with Crippen molar-refractivity contribution in [2.24, 2.45) is 0 Å². The Hall–Kier alpha value is -3.63. The Kier molecular flexibility index (Phi) is 6.68. The quantitative estimate of drug-likeness (QED) is 0.358. The van der Waals surface area contributed by atoms with Gasteiger partial charge in [-0.1, -0.05) is 13.8 Å². The van der Waals surface area contributed by atoms with E-state index in [1.54, 1.807) is 30.3 Å². The number of fused-ring (bicyclic) bond motifs is 3. The first-order chi connectivity index (χ1) is 18.8. The number of thiazole rings is 1. The summed E-state index contributed by atoms with van der Waals surface area (Å²) in [5.74, 6) is 2.20. The van der Waals surface area contributed by atoms with Gasteiger partial charge in [-0.05, 0) is 50.1 Å². The number of carbonyl (C=O) groups is 1. The van der Waals surface area contributed by atoms with E-state index in [1.165, 1.54) is 6.42 Å². The molecule has 2 fully saturated rings. The van der Waals surface area contributed by atoms with Crippen LogP contribution in [-0.2, 0) is 6.42 Å². The van der Waals surface area contributed by atoms with Crippen molar-refractivity contribution in [3.63, 3.8) is 0 Å². The molecule has 2 bridgehead atoms. The maximum absolute atomic E-state index is 12.7. The van der Waals surface area contributed by atoms with Gasteiger partial charge in [0.15, 0.2) is 0 Å². The molecule has 1 N–H and O–H groups in total. The van der Waals surface area contributed by atoms with Gasteiger partial charge in [-0.3, -0.25) is 9.69 Å². The van der Waals surface area contributed by atoms with Gasteiger partial charge in [-0.25, -0.2) is 15.0 Å². The standard InChI is InChI=1S/C29H34N8OS/c1-6-18-9-19(11-20(10-18)28(38)35(4)5)27-32-23-13-25(30-14-24(23)39-27)33-26-8-17(3)31-29(34-26)37-16-21-12-22(37)15-36(21)7-2/h8-11,13-14,21-22H,6-7,12,15-16H2,1-5H3,(H,30,31,33,34)/t21-,22-/m0/s1. The molecule has 2 saturated heterocycles. The van der Waals surface area contributed by atoms with Gasteiger partial charge in [0, 0.05) is 74.4 Å². The smallest absolute Gasteiger partial charge is 0.253 e. The highest BCUT2D eigenvalue weighted by Gasteiger charge is 2.43. The van der Waals surface area contributed by atoms with E-state index < -0.39 is 0 Å². The zero-order valence-electron chi connectivity index (χ0n) is 23.1. The van der Waals surface area contributed by atoms with Gasteiger partial charge in [-0.2, -0.15) is 4.98 Å². The number of hydrogen-bond acceptors (Lipinski definition) is 9. The van der Waals surface area contributed by atoms with E-state index in [2.05, 4.69) is 40.0 Å². The van der Waals surface area contributed by atoms with Gasteiger partial charge in [-0.15, -0.1) is 11.3 Å². The molecule has 9 nitrogen and oxygen atoms in total. The molecular formula is C29H34N8OS. The molecule has 39 heavy (non-hydrogen) atoms. The average molecular weight is 543 g/mol. The number of nitrogens with one attached hydrogen (secondary N) is 1. The van der Waals surface area contributed by atoms with Gasteiger partial charge in [0.2, 0.25) is 5.95 Å². The zero-order valence-corrected chi connectivity index (χ0v) is 23.9. The highest BCUT2D eigenvalue weighted by molar-refractivity contribution is 7.21. The lowest BCUT2D eigenvalue weighted by Gasteiger charge is -2.33. The lowest BCUT2D eigenvalue weighted by atomic mass is 10.0. The summed E-state index contributed by atoms with van der Waals surface area (Å²) in [5.41, 5.74) is 4.53. The van der Waals surface area contributed by atoms with Crippen molar-refractivity contribution < 1.29 is 4.79 Å². The predicted octanol–water partition coefficient (Wildman–Crippen LogP) is 4.75. The molecule has 0 aliphatic carbocycles. The number of aromatic nitrogens is 4. The first-order valence-electron chi connectivity index (χ1n) is 13.6. The summed E-state index contributed by atoms with van der Waals surface area (Å²) in [6, 6.07) is 11.0. The molecule has 3 aromatic heterocycles. The highest BCUT2D eigenvalue weighted by atomic mass is 32.1. The highest BCUT2D eigenvalue weighted by Crippen LogP contribution is 2.35. The third-order valence-electron chi connectivity index (χ3n) is 7.69. The molecule has 0 unspecified atom stereocenters. The molecule has 2 atom stereocenters. The average Bonchev–Trinajstić information content (AvgIpc) is 3.66. The zero-order chi connectivity index (χ0) is 27.3. The number of benzene rings is 1. The van der Waals surface area contributed by atoms with Crippen molar-refractivity contribution in [2.75, 3.05) is 43.9 Å². The minimum Gasteiger partial charge on any atom is -0.345 e. The molecule has 2 aliphatic heterocycles. The summed E-state index contributed by atoms with van der Waals surface area (Å²) in [6.45, 7) is 9.49. The minimum absolute atomic E-state index is 0.00947. The Labute approximate surface area is 232 Å². The minimum atomic E-state index is -0.00947. The van der Waals surface area contributed by atoms with Gasteiger partial charge in [0.1, 0.15) is 16.6 Å². The molecule has 1 amide bonds. The Bertz CT molecular complexity index is 1550. The van der Waals surface area contributed by atoms with Gasteiger partial charge < -0.3 is 15.1 Å². The van der Waals surface area contributed by atoms with Crippen molar-refractivity contribution in [3.05, 3.63) is 53.3 Å². The summed E-state index contributed by atoms with van der Waals surface area (Å²) in [7, 11) is 3.55. The van der Waals surface area contributed by atoms with Crippen molar-refractivity contribution in [1.82, 2.24) is 29.7 Å². The number of pyridine rings is 1. The molecule has 4 aromatic rings. The lowest BCUT2D eigenvalue weighted by molar-refractivity contribution is 0.0827. The van der Waals surface area contributed by atoms with Crippen LogP contribution in [0.15, 0.2) is 36.5 Å². The number of amides is 1. The van der Waals surface area contributed by atoms with Crippen LogP contribution in [0.1, 0.15) is 41.9 Å². The molecular weight excluding hydrogens is 508 g/mol. The van der Waals surface area contributed by atoms with E-state index in [0.717, 1.165) is 69.9 Å². The number of nitrogens with zero attached hydrogens (tertiary/aromatic N) is 7. The number of anilines is 3. The first kappa shape index (κ1) is 25.6. The second kappa shape index (κ2) is 10.2. The van der Waals surface area contributed by atoms with Gasteiger partial charge >= 0.3 is 0 Å². The number of likely N-dealkylation sites (tertiary alicyclic amines) is 1. The van der Waals surface area contributed by atoms with Crippen LogP contribution in [0.3, 0.4) is 0 Å². The fourth-order valence-corrected chi connectivity index (χ4v) is 6.59. The van der Waals surface area contributed by atoms with E-state index in [9.17, 15) is 4.79 Å². The van der Waals surface area contributed by atoms with Crippen molar-refractivity contribution in [2.45, 2.75) is 45.7 Å². The third-order valence-corrected chi connectivity index (χ3v) is 8.75. The van der Waals surface area contributed by atoms with Crippen LogP contribution in [0.25, 0.3) is 20.8 Å². The van der Waals surface area contributed by atoms with Crippen molar-refractivity contribution in [3.8, 4) is 10.6 Å². The molecule has 6 rings (SSSR count). The Morgan fingerprint density at radius 1 is 1.05 bits per heavy atom. The molecule has 0 radical (unpaired) electrons. The Morgan fingerprint density at radius 3 is 2.62 bits per heavy atom. The van der Waals surface area contributed by atoms with E-state index in [1.807, 2.05) is 37.4 Å². The van der Waals surface area contributed by atoms with Gasteiger partial charge in [0.05, 0.1) is 10.2 Å². The van der Waals surface area contributed by atoms with E-state index in [-0.39, 0.29) is 5.91 Å². The maximum atomic E-state index is 12.7. The lowest BCUT2D eigenvalue weighted by Crippen LogP contribution is -2.46. The van der Waals surface area contributed by atoms with Crippen molar-refractivity contribution in [1.29, 1.82) is 0 Å². The van der Waals surface area contributed by atoms with Crippen LogP contribution in [0.5, 0.6) is 0 Å². The van der Waals surface area contributed by atoms with Crippen LogP contribution in [-0.4, -0.2) is 81.5 Å². The number of rotatable bonds is 7. The summed E-state index contributed by atoms with van der Waals surface area (Å²) in [5, 5.41) is 4.26. The summed E-state index contributed by atoms with van der Waals surface area (Å²) < 4.78 is 0.992. The van der Waals surface area contributed by atoms with Crippen molar-refractivity contribution >= 4 is 45.0 Å². The van der Waals surface area contributed by atoms with Crippen LogP contribution in [0.2, 0.25) is 0 Å². The topological polar surface area (TPSA) is 90.4 Å². The van der Waals surface area contributed by atoms with Crippen LogP contribution in [0, 0.1) is 6.92 Å². The molecule has 10 heteroatoms. The third kappa shape index (κ3) is 4.94. The number of piperazine rings is 1. The normalized spacial score (nSPS) is 18.7.